The summed E-state index contributed by atoms with van der Waals surface area (Å²) in [7, 11) is -3.70. The van der Waals surface area contributed by atoms with Crippen molar-refractivity contribution in [3.8, 4) is 0 Å². The molecule has 30 heavy (non-hydrogen) atoms. The van der Waals surface area contributed by atoms with Gasteiger partial charge in [-0.15, -0.1) is 0 Å². The zero-order valence-electron chi connectivity index (χ0n) is 17.4. The molecule has 0 spiro atoms. The molecule has 164 valence electrons. The van der Waals surface area contributed by atoms with E-state index in [1.807, 2.05) is 0 Å². The zero-order valence-corrected chi connectivity index (χ0v) is 18.2. The molecule has 10 nitrogen and oxygen atoms in total. The third kappa shape index (κ3) is 5.42. The number of sulfonamides is 1. The lowest BCUT2D eigenvalue weighted by atomic mass is 10.2. The second kappa shape index (κ2) is 9.81. The largest absolute Gasteiger partial charge is 0.448 e. The van der Waals surface area contributed by atoms with Crippen molar-refractivity contribution >= 4 is 39.2 Å². The first-order valence-corrected chi connectivity index (χ1v) is 11.0. The fourth-order valence-corrected chi connectivity index (χ4v) is 4.51. The maximum absolute atomic E-state index is 12.8. The molecule has 0 aromatic heterocycles. The molecule has 1 aromatic rings. The van der Waals surface area contributed by atoms with Crippen LogP contribution < -0.4 is 10.7 Å². The molecule has 1 aliphatic heterocycles. The third-order valence-corrected chi connectivity index (χ3v) is 6.76. The number of carbonyl (C=O) groups excluding carboxylic acids is 3. The van der Waals surface area contributed by atoms with Gasteiger partial charge in [0.15, 0.2) is 6.10 Å². The fourth-order valence-electron chi connectivity index (χ4n) is 2.81. The third-order valence-electron chi connectivity index (χ3n) is 4.57. The van der Waals surface area contributed by atoms with Gasteiger partial charge in [0.1, 0.15) is 5.71 Å². The van der Waals surface area contributed by atoms with E-state index in [2.05, 4.69) is 15.8 Å². The van der Waals surface area contributed by atoms with E-state index in [1.54, 1.807) is 32.9 Å². The Bertz CT molecular complexity index is 969. The van der Waals surface area contributed by atoms with Gasteiger partial charge in [-0.2, -0.15) is 9.41 Å². The van der Waals surface area contributed by atoms with Crippen LogP contribution in [0.5, 0.6) is 0 Å². The SMILES string of the molecule is CCN(CC)S(=O)(=O)c1cc(NC(=O)[C@@H](C)OC(=O)C2=NNC(=O)CC2)ccc1C. The highest BCUT2D eigenvalue weighted by molar-refractivity contribution is 7.89. The van der Waals surface area contributed by atoms with Gasteiger partial charge < -0.3 is 10.1 Å². The average molecular weight is 439 g/mol. The van der Waals surface area contributed by atoms with Crippen molar-refractivity contribution in [3.05, 3.63) is 23.8 Å². The fraction of sp³-hybridized carbons (Fsp3) is 0.474. The minimum absolute atomic E-state index is 0.0252. The quantitative estimate of drug-likeness (QED) is 0.585. The van der Waals surface area contributed by atoms with Crippen LogP contribution >= 0.6 is 0 Å². The lowest BCUT2D eigenvalue weighted by Crippen LogP contribution is -2.35. The maximum Gasteiger partial charge on any atom is 0.355 e. The maximum atomic E-state index is 12.8. The van der Waals surface area contributed by atoms with Gasteiger partial charge in [0, 0.05) is 31.6 Å². The molecule has 0 aliphatic carbocycles. The lowest BCUT2D eigenvalue weighted by Gasteiger charge is -2.20. The molecule has 1 aliphatic rings. The summed E-state index contributed by atoms with van der Waals surface area (Å²) in [6.45, 7) is 7.21. The van der Waals surface area contributed by atoms with E-state index in [9.17, 15) is 22.8 Å². The van der Waals surface area contributed by atoms with Gasteiger partial charge in [0.05, 0.1) is 4.90 Å². The molecule has 2 rings (SSSR count). The smallest absolute Gasteiger partial charge is 0.355 e. The number of ether oxygens (including phenoxy) is 1. The molecule has 1 heterocycles. The molecule has 11 heteroatoms. The number of carbonyl (C=O) groups is 3. The number of anilines is 1. The molecule has 2 N–H and O–H groups in total. The van der Waals surface area contributed by atoms with E-state index >= 15 is 0 Å². The van der Waals surface area contributed by atoms with Crippen LogP contribution in [-0.4, -0.2) is 55.4 Å². The van der Waals surface area contributed by atoms with E-state index in [4.69, 9.17) is 4.74 Å². The monoisotopic (exact) mass is 438 g/mol. The van der Waals surface area contributed by atoms with Crippen LogP contribution in [0.2, 0.25) is 0 Å². The Morgan fingerprint density at radius 2 is 1.93 bits per heavy atom. The molecule has 0 saturated heterocycles. The molecule has 0 bridgehead atoms. The van der Waals surface area contributed by atoms with Crippen LogP contribution in [0.3, 0.4) is 0 Å². The van der Waals surface area contributed by atoms with Crippen molar-refractivity contribution in [3.63, 3.8) is 0 Å². The Kier molecular flexibility index (Phi) is 7.68. The number of hydrazone groups is 1. The highest BCUT2D eigenvalue weighted by atomic mass is 32.2. The number of benzene rings is 1. The Morgan fingerprint density at radius 3 is 2.50 bits per heavy atom. The molecule has 0 saturated carbocycles. The minimum Gasteiger partial charge on any atom is -0.448 e. The molecule has 1 atom stereocenters. The standard InChI is InChI=1S/C19H26N4O6S/c1-5-23(6-2)30(27,28)16-11-14(8-7-12(16)3)20-18(25)13(4)29-19(26)15-9-10-17(24)22-21-15/h7-8,11,13H,5-6,9-10H2,1-4H3,(H,20,25)(H,22,24)/t13-/m1/s1. The summed E-state index contributed by atoms with van der Waals surface area (Å²) in [5.41, 5.74) is 3.03. The number of rotatable bonds is 8. The first kappa shape index (κ1) is 23.5. The van der Waals surface area contributed by atoms with Gasteiger partial charge in [0.2, 0.25) is 15.9 Å². The van der Waals surface area contributed by atoms with Crippen molar-refractivity contribution in [1.82, 2.24) is 9.73 Å². The van der Waals surface area contributed by atoms with E-state index in [0.717, 1.165) is 0 Å². The van der Waals surface area contributed by atoms with Crippen LogP contribution in [0.4, 0.5) is 5.69 Å². The number of esters is 1. The van der Waals surface area contributed by atoms with Crippen LogP contribution in [-0.2, 0) is 29.1 Å². The van der Waals surface area contributed by atoms with Crippen LogP contribution in [0, 0.1) is 6.92 Å². The Labute approximate surface area is 175 Å². The minimum atomic E-state index is -3.70. The van der Waals surface area contributed by atoms with Crippen molar-refractivity contribution in [2.75, 3.05) is 18.4 Å². The Hall–Kier alpha value is -2.79. The van der Waals surface area contributed by atoms with E-state index in [-0.39, 0.29) is 35.0 Å². The molecule has 2 amide bonds. The molecular formula is C19H26N4O6S. The van der Waals surface area contributed by atoms with Crippen molar-refractivity contribution < 1.29 is 27.5 Å². The van der Waals surface area contributed by atoms with Crippen LogP contribution in [0.1, 0.15) is 39.2 Å². The number of hydrogen-bond acceptors (Lipinski definition) is 7. The van der Waals surface area contributed by atoms with Crippen molar-refractivity contribution in [2.24, 2.45) is 5.10 Å². The number of nitrogens with zero attached hydrogens (tertiary/aromatic N) is 2. The molecular weight excluding hydrogens is 412 g/mol. The van der Waals surface area contributed by atoms with E-state index in [1.165, 1.54) is 17.3 Å². The molecule has 0 unspecified atom stereocenters. The van der Waals surface area contributed by atoms with Crippen LogP contribution in [0.15, 0.2) is 28.2 Å². The predicted molar refractivity (Wildman–Crippen MR) is 110 cm³/mol. The molecule has 0 fully saturated rings. The predicted octanol–water partition coefficient (Wildman–Crippen LogP) is 1.16. The van der Waals surface area contributed by atoms with Crippen LogP contribution in [0.25, 0.3) is 0 Å². The first-order valence-electron chi connectivity index (χ1n) is 9.58. The van der Waals surface area contributed by atoms with Gasteiger partial charge in [-0.05, 0) is 31.5 Å². The Morgan fingerprint density at radius 1 is 1.27 bits per heavy atom. The highest BCUT2D eigenvalue weighted by Crippen LogP contribution is 2.24. The lowest BCUT2D eigenvalue weighted by molar-refractivity contribution is -0.146. The molecule has 0 radical (unpaired) electrons. The summed E-state index contributed by atoms with van der Waals surface area (Å²) in [4.78, 5) is 35.7. The summed E-state index contributed by atoms with van der Waals surface area (Å²) < 4.78 is 32.1. The van der Waals surface area contributed by atoms with Crippen molar-refractivity contribution in [2.45, 2.75) is 51.5 Å². The van der Waals surface area contributed by atoms with E-state index < -0.39 is 28.0 Å². The van der Waals surface area contributed by atoms with Gasteiger partial charge in [-0.3, -0.25) is 9.59 Å². The Balaban J connectivity index is 2.11. The average Bonchev–Trinajstić information content (AvgIpc) is 2.70. The first-order chi connectivity index (χ1) is 14.1. The van der Waals surface area contributed by atoms with Gasteiger partial charge in [0.25, 0.3) is 5.91 Å². The number of nitrogens with one attached hydrogen (secondary N) is 2. The summed E-state index contributed by atoms with van der Waals surface area (Å²) in [5.74, 6) is -1.72. The molecule has 1 aromatic carbocycles. The summed E-state index contributed by atoms with van der Waals surface area (Å²) in [5, 5.41) is 6.19. The topological polar surface area (TPSA) is 134 Å². The van der Waals surface area contributed by atoms with Gasteiger partial charge in [-0.25, -0.2) is 18.6 Å². The summed E-state index contributed by atoms with van der Waals surface area (Å²) in [6.07, 6.45) is -0.910. The number of hydrogen-bond donors (Lipinski definition) is 2. The zero-order chi connectivity index (χ0) is 22.5. The summed E-state index contributed by atoms with van der Waals surface area (Å²) >= 11 is 0. The second-order valence-electron chi connectivity index (χ2n) is 6.70. The highest BCUT2D eigenvalue weighted by Gasteiger charge is 2.26. The normalized spacial score (nSPS) is 15.2. The second-order valence-corrected chi connectivity index (χ2v) is 8.61. The number of amides is 2. The summed E-state index contributed by atoms with van der Waals surface area (Å²) in [6, 6.07) is 4.56. The van der Waals surface area contributed by atoms with Crippen molar-refractivity contribution in [1.29, 1.82) is 0 Å². The number of aryl methyl sites for hydroxylation is 1. The van der Waals surface area contributed by atoms with Gasteiger partial charge in [-0.1, -0.05) is 19.9 Å². The van der Waals surface area contributed by atoms with Gasteiger partial charge >= 0.3 is 5.97 Å². The van der Waals surface area contributed by atoms with E-state index in [0.29, 0.717) is 18.7 Å².